The Bertz CT molecular complexity index is 631. The fourth-order valence-corrected chi connectivity index (χ4v) is 6.49. The predicted octanol–water partition coefficient (Wildman–Crippen LogP) is 3.84. The first-order valence-electron chi connectivity index (χ1n) is 6.45. The smallest absolute Gasteiger partial charge is 0.207 e. The molecule has 118 valence electrons. The van der Waals surface area contributed by atoms with Gasteiger partial charge in [0.1, 0.15) is 10.7 Å². The fraction of sp³-hybridized carbons (Fsp3) is 0.538. The van der Waals surface area contributed by atoms with Crippen molar-refractivity contribution in [3.63, 3.8) is 0 Å². The zero-order chi connectivity index (χ0) is 15.8. The standard InChI is InChI=1S/C13H16BrClFNO2S2/c1-8-6-17(7-9(2)20-8)21(18,19)12-4-11(14)3-10(5-15)13(12)16/h3-4,8-9H,5-7H2,1-2H3. The van der Waals surface area contributed by atoms with Gasteiger partial charge in [0.05, 0.1) is 5.88 Å². The zero-order valence-corrected chi connectivity index (χ0v) is 15.6. The molecule has 0 amide bonds. The minimum absolute atomic E-state index is 0.0730. The molecule has 0 radical (unpaired) electrons. The highest BCUT2D eigenvalue weighted by Gasteiger charge is 2.34. The zero-order valence-electron chi connectivity index (χ0n) is 11.6. The van der Waals surface area contributed by atoms with Crippen LogP contribution < -0.4 is 0 Å². The van der Waals surface area contributed by atoms with E-state index in [-0.39, 0.29) is 26.8 Å². The number of hydrogen-bond donors (Lipinski definition) is 0. The molecule has 0 aromatic heterocycles. The quantitative estimate of drug-likeness (QED) is 0.703. The number of halogens is 3. The summed E-state index contributed by atoms with van der Waals surface area (Å²) in [5.74, 6) is -0.831. The van der Waals surface area contributed by atoms with Gasteiger partial charge in [-0.2, -0.15) is 16.1 Å². The molecule has 2 rings (SSSR count). The third-order valence-electron chi connectivity index (χ3n) is 3.23. The second kappa shape index (κ2) is 6.74. The summed E-state index contributed by atoms with van der Waals surface area (Å²) in [5.41, 5.74) is 0.178. The van der Waals surface area contributed by atoms with Crippen LogP contribution in [-0.2, 0) is 15.9 Å². The molecule has 8 heteroatoms. The average molecular weight is 417 g/mol. The van der Waals surface area contributed by atoms with E-state index in [1.807, 2.05) is 13.8 Å². The summed E-state index contributed by atoms with van der Waals surface area (Å²) in [6, 6.07) is 2.80. The minimum Gasteiger partial charge on any atom is -0.207 e. The lowest BCUT2D eigenvalue weighted by Crippen LogP contribution is -2.44. The lowest BCUT2D eigenvalue weighted by atomic mass is 10.2. The molecule has 0 bridgehead atoms. The SMILES string of the molecule is CC1CN(S(=O)(=O)c2cc(Br)cc(CCl)c2F)CC(C)S1. The first-order chi connectivity index (χ1) is 9.75. The largest absolute Gasteiger partial charge is 0.246 e. The van der Waals surface area contributed by atoms with Crippen molar-refractivity contribution in [2.45, 2.75) is 35.1 Å². The summed E-state index contributed by atoms with van der Waals surface area (Å²) >= 11 is 10.6. The molecule has 1 aromatic rings. The van der Waals surface area contributed by atoms with Gasteiger partial charge in [0.25, 0.3) is 0 Å². The van der Waals surface area contributed by atoms with Crippen LogP contribution in [0.25, 0.3) is 0 Å². The molecule has 1 aliphatic rings. The Morgan fingerprint density at radius 3 is 2.48 bits per heavy atom. The monoisotopic (exact) mass is 415 g/mol. The van der Waals surface area contributed by atoms with Crippen LogP contribution in [0.1, 0.15) is 19.4 Å². The lowest BCUT2D eigenvalue weighted by molar-refractivity contribution is 0.401. The van der Waals surface area contributed by atoms with E-state index in [1.165, 1.54) is 16.4 Å². The number of benzene rings is 1. The third kappa shape index (κ3) is 3.75. The summed E-state index contributed by atoms with van der Waals surface area (Å²) in [7, 11) is -3.86. The van der Waals surface area contributed by atoms with Gasteiger partial charge in [-0.15, -0.1) is 11.6 Å². The van der Waals surface area contributed by atoms with Crippen molar-refractivity contribution in [3.05, 3.63) is 28.0 Å². The molecular formula is C13H16BrClFNO2S2. The maximum absolute atomic E-state index is 14.4. The molecule has 2 atom stereocenters. The van der Waals surface area contributed by atoms with Gasteiger partial charge in [-0.05, 0) is 12.1 Å². The van der Waals surface area contributed by atoms with Crippen molar-refractivity contribution in [1.82, 2.24) is 4.31 Å². The maximum Gasteiger partial charge on any atom is 0.246 e. The normalized spacial score (nSPS) is 24.2. The molecule has 1 fully saturated rings. The number of thioether (sulfide) groups is 1. The summed E-state index contributed by atoms with van der Waals surface area (Å²) in [6.45, 7) is 4.73. The Kier molecular flexibility index (Phi) is 5.63. The number of sulfonamides is 1. The van der Waals surface area contributed by atoms with Gasteiger partial charge >= 0.3 is 0 Å². The van der Waals surface area contributed by atoms with E-state index in [0.717, 1.165) is 0 Å². The van der Waals surface area contributed by atoms with Crippen molar-refractivity contribution >= 4 is 49.3 Å². The first kappa shape index (κ1) is 17.5. The van der Waals surface area contributed by atoms with E-state index < -0.39 is 15.8 Å². The highest BCUT2D eigenvalue weighted by atomic mass is 79.9. The van der Waals surface area contributed by atoms with E-state index in [4.69, 9.17) is 11.6 Å². The number of nitrogens with zero attached hydrogens (tertiary/aromatic N) is 1. The van der Waals surface area contributed by atoms with Crippen LogP contribution in [0.15, 0.2) is 21.5 Å². The van der Waals surface area contributed by atoms with Gasteiger partial charge in [-0.3, -0.25) is 0 Å². The van der Waals surface area contributed by atoms with Crippen molar-refractivity contribution < 1.29 is 12.8 Å². The van der Waals surface area contributed by atoms with Crippen LogP contribution in [0.5, 0.6) is 0 Å². The predicted molar refractivity (Wildman–Crippen MR) is 88.9 cm³/mol. The molecule has 1 aliphatic heterocycles. The van der Waals surface area contributed by atoms with Crippen LogP contribution in [0, 0.1) is 5.82 Å². The van der Waals surface area contributed by atoms with E-state index in [1.54, 1.807) is 11.8 Å². The highest BCUT2D eigenvalue weighted by molar-refractivity contribution is 9.10. The van der Waals surface area contributed by atoms with Gasteiger partial charge in [0.2, 0.25) is 10.0 Å². The Morgan fingerprint density at radius 1 is 1.38 bits per heavy atom. The van der Waals surface area contributed by atoms with Crippen LogP contribution in [0.2, 0.25) is 0 Å². The average Bonchev–Trinajstić information content (AvgIpc) is 2.39. The molecule has 0 N–H and O–H groups in total. The fourth-order valence-electron chi connectivity index (χ4n) is 2.37. The minimum atomic E-state index is -3.86. The number of rotatable bonds is 3. The molecule has 21 heavy (non-hydrogen) atoms. The molecule has 0 aliphatic carbocycles. The summed E-state index contributed by atoms with van der Waals surface area (Å²) in [5, 5.41) is 0.373. The molecule has 1 aromatic carbocycles. The molecule has 0 saturated carbocycles. The summed E-state index contributed by atoms with van der Waals surface area (Å²) in [4.78, 5) is -0.307. The second-order valence-corrected chi connectivity index (χ2v) is 10.1. The van der Waals surface area contributed by atoms with E-state index >= 15 is 0 Å². The van der Waals surface area contributed by atoms with Crippen LogP contribution in [0.3, 0.4) is 0 Å². The van der Waals surface area contributed by atoms with Gasteiger partial charge in [0, 0.05) is 33.6 Å². The van der Waals surface area contributed by atoms with Crippen LogP contribution >= 0.6 is 39.3 Å². The Labute approximate surface area is 142 Å². The Hall–Kier alpha value is 0.180. The topological polar surface area (TPSA) is 37.4 Å². The van der Waals surface area contributed by atoms with Gasteiger partial charge in [-0.25, -0.2) is 12.8 Å². The molecule has 1 heterocycles. The van der Waals surface area contributed by atoms with Crippen molar-refractivity contribution in [3.8, 4) is 0 Å². The highest BCUT2D eigenvalue weighted by Crippen LogP contribution is 2.32. The molecule has 0 spiro atoms. The summed E-state index contributed by atoms with van der Waals surface area (Å²) in [6.07, 6.45) is 0. The van der Waals surface area contributed by atoms with Crippen LogP contribution in [0.4, 0.5) is 4.39 Å². The van der Waals surface area contributed by atoms with Gasteiger partial charge in [0.15, 0.2) is 0 Å². The van der Waals surface area contributed by atoms with Crippen LogP contribution in [-0.4, -0.2) is 36.3 Å². The van der Waals surface area contributed by atoms with Crippen molar-refractivity contribution in [2.24, 2.45) is 0 Å². The maximum atomic E-state index is 14.4. The number of alkyl halides is 1. The van der Waals surface area contributed by atoms with Crippen molar-refractivity contribution in [1.29, 1.82) is 0 Å². The van der Waals surface area contributed by atoms with Gasteiger partial charge in [-0.1, -0.05) is 29.8 Å². The van der Waals surface area contributed by atoms with Crippen molar-refractivity contribution in [2.75, 3.05) is 13.1 Å². The lowest BCUT2D eigenvalue weighted by Gasteiger charge is -2.33. The molecule has 3 nitrogen and oxygen atoms in total. The van der Waals surface area contributed by atoms with E-state index in [9.17, 15) is 12.8 Å². The Balaban J connectivity index is 2.47. The summed E-state index contributed by atoms with van der Waals surface area (Å²) < 4.78 is 41.7. The first-order valence-corrected chi connectivity index (χ1v) is 10.2. The Morgan fingerprint density at radius 2 is 1.95 bits per heavy atom. The van der Waals surface area contributed by atoms with E-state index in [2.05, 4.69) is 15.9 Å². The number of hydrogen-bond acceptors (Lipinski definition) is 3. The second-order valence-electron chi connectivity index (χ2n) is 5.09. The molecule has 2 unspecified atom stereocenters. The molecular weight excluding hydrogens is 401 g/mol. The van der Waals surface area contributed by atoms with Gasteiger partial charge < -0.3 is 0 Å². The molecule has 1 saturated heterocycles. The van der Waals surface area contributed by atoms with E-state index in [0.29, 0.717) is 17.6 Å². The third-order valence-corrected chi connectivity index (χ3v) is 7.03.